The highest BCUT2D eigenvalue weighted by molar-refractivity contribution is 6.31. The standard InChI is InChI=1S/C20H20ClN5O4/c21-15-6-2-1-4-13(15)11-26-19(28)17-18(23-8-7-22-17)25(20(26)29)12-16(27)24-10-14-5-3-9-30-14/h1-2,4,6-8,14H,3,5,9-12H2,(H,24,27). The van der Waals surface area contributed by atoms with Crippen molar-refractivity contribution in [2.75, 3.05) is 13.2 Å². The Balaban J connectivity index is 1.69. The number of fused-ring (bicyclic) bond motifs is 1. The summed E-state index contributed by atoms with van der Waals surface area (Å²) >= 11 is 6.20. The minimum atomic E-state index is -0.653. The largest absolute Gasteiger partial charge is 0.376 e. The van der Waals surface area contributed by atoms with E-state index in [9.17, 15) is 14.4 Å². The Hall–Kier alpha value is -3.04. The summed E-state index contributed by atoms with van der Waals surface area (Å²) in [5.74, 6) is -0.373. The second-order valence-electron chi connectivity index (χ2n) is 7.02. The molecule has 3 aromatic rings. The SMILES string of the molecule is O=C(Cn1c(=O)n(Cc2ccccc2Cl)c(=O)c2nccnc21)NCC1CCCO1. The second kappa shape index (κ2) is 8.76. The topological polar surface area (TPSA) is 108 Å². The summed E-state index contributed by atoms with van der Waals surface area (Å²) in [5.41, 5.74) is -0.554. The van der Waals surface area contributed by atoms with Crippen LogP contribution in [0.15, 0.2) is 46.2 Å². The molecule has 3 heterocycles. The van der Waals surface area contributed by atoms with Gasteiger partial charge in [-0.3, -0.25) is 18.7 Å². The number of amides is 1. The van der Waals surface area contributed by atoms with Gasteiger partial charge in [0, 0.05) is 30.6 Å². The number of nitrogens with one attached hydrogen (secondary N) is 1. The van der Waals surface area contributed by atoms with Gasteiger partial charge in [0.05, 0.1) is 12.6 Å². The Morgan fingerprint density at radius 2 is 2.00 bits per heavy atom. The Bertz CT molecular complexity index is 1200. The maximum atomic E-state index is 13.1. The smallest absolute Gasteiger partial charge is 0.333 e. The second-order valence-corrected chi connectivity index (χ2v) is 7.43. The van der Waals surface area contributed by atoms with E-state index in [1.54, 1.807) is 24.3 Å². The van der Waals surface area contributed by atoms with Crippen LogP contribution < -0.4 is 16.6 Å². The lowest BCUT2D eigenvalue weighted by atomic mass is 10.2. The van der Waals surface area contributed by atoms with Crippen molar-refractivity contribution >= 4 is 28.7 Å². The molecular formula is C20H20ClN5O4. The average Bonchev–Trinajstić information content (AvgIpc) is 3.28. The molecule has 9 nitrogen and oxygen atoms in total. The maximum Gasteiger partial charge on any atom is 0.333 e. The maximum absolute atomic E-state index is 13.1. The van der Waals surface area contributed by atoms with Gasteiger partial charge in [0.1, 0.15) is 6.54 Å². The molecule has 1 atom stereocenters. The molecule has 0 spiro atoms. The molecule has 1 unspecified atom stereocenters. The van der Waals surface area contributed by atoms with Gasteiger partial charge in [0.25, 0.3) is 5.56 Å². The van der Waals surface area contributed by atoms with Crippen LogP contribution in [0.3, 0.4) is 0 Å². The molecule has 2 aromatic heterocycles. The van der Waals surface area contributed by atoms with Crippen LogP contribution in [0.2, 0.25) is 5.02 Å². The molecule has 1 aliphatic heterocycles. The zero-order valence-electron chi connectivity index (χ0n) is 16.1. The molecule has 1 N–H and O–H groups in total. The van der Waals surface area contributed by atoms with Gasteiger partial charge in [-0.2, -0.15) is 0 Å². The Morgan fingerprint density at radius 1 is 1.20 bits per heavy atom. The zero-order valence-corrected chi connectivity index (χ0v) is 16.8. The Morgan fingerprint density at radius 3 is 2.77 bits per heavy atom. The van der Waals surface area contributed by atoms with E-state index in [2.05, 4.69) is 15.3 Å². The van der Waals surface area contributed by atoms with Crippen LogP contribution in [-0.2, 0) is 22.6 Å². The molecule has 1 saturated heterocycles. The van der Waals surface area contributed by atoms with E-state index in [4.69, 9.17) is 16.3 Å². The molecule has 1 aromatic carbocycles. The van der Waals surface area contributed by atoms with E-state index < -0.39 is 11.2 Å². The van der Waals surface area contributed by atoms with E-state index in [1.165, 1.54) is 12.4 Å². The minimum Gasteiger partial charge on any atom is -0.376 e. The molecular weight excluding hydrogens is 410 g/mol. The number of nitrogens with zero attached hydrogens (tertiary/aromatic N) is 4. The molecule has 0 aliphatic carbocycles. The molecule has 10 heteroatoms. The van der Waals surface area contributed by atoms with E-state index in [-0.39, 0.29) is 36.3 Å². The molecule has 0 saturated carbocycles. The highest BCUT2D eigenvalue weighted by Crippen LogP contribution is 2.15. The van der Waals surface area contributed by atoms with Crippen LogP contribution in [-0.4, -0.2) is 44.3 Å². The summed E-state index contributed by atoms with van der Waals surface area (Å²) < 4.78 is 7.67. The molecule has 30 heavy (non-hydrogen) atoms. The van der Waals surface area contributed by atoms with Gasteiger partial charge in [-0.05, 0) is 24.5 Å². The van der Waals surface area contributed by atoms with Crippen molar-refractivity contribution in [2.24, 2.45) is 0 Å². The van der Waals surface area contributed by atoms with Gasteiger partial charge in [-0.25, -0.2) is 14.8 Å². The number of carbonyl (C=O) groups excluding carboxylic acids is 1. The molecule has 1 amide bonds. The zero-order chi connectivity index (χ0) is 21.1. The Labute approximate surface area is 176 Å². The number of aromatic nitrogens is 4. The fourth-order valence-corrected chi connectivity index (χ4v) is 3.64. The lowest BCUT2D eigenvalue weighted by Crippen LogP contribution is -2.44. The third-order valence-corrected chi connectivity index (χ3v) is 5.35. The van der Waals surface area contributed by atoms with Crippen molar-refractivity contribution in [3.8, 4) is 0 Å². The number of halogens is 1. The third-order valence-electron chi connectivity index (χ3n) is 4.98. The van der Waals surface area contributed by atoms with Crippen molar-refractivity contribution in [3.05, 3.63) is 68.1 Å². The molecule has 0 radical (unpaired) electrons. The van der Waals surface area contributed by atoms with Crippen LogP contribution in [0.25, 0.3) is 11.2 Å². The van der Waals surface area contributed by atoms with Gasteiger partial charge < -0.3 is 10.1 Å². The van der Waals surface area contributed by atoms with E-state index in [0.29, 0.717) is 23.7 Å². The third kappa shape index (κ3) is 4.12. The number of benzene rings is 1. The van der Waals surface area contributed by atoms with Crippen molar-refractivity contribution in [1.29, 1.82) is 0 Å². The number of hydrogen-bond acceptors (Lipinski definition) is 6. The fourth-order valence-electron chi connectivity index (χ4n) is 3.44. The highest BCUT2D eigenvalue weighted by atomic mass is 35.5. The number of rotatable bonds is 6. The number of hydrogen-bond donors (Lipinski definition) is 1. The first-order valence-electron chi connectivity index (χ1n) is 9.60. The van der Waals surface area contributed by atoms with Crippen molar-refractivity contribution in [1.82, 2.24) is 24.4 Å². The van der Waals surface area contributed by atoms with Gasteiger partial charge >= 0.3 is 5.69 Å². The minimum absolute atomic E-state index is 0.0103. The molecule has 1 aliphatic rings. The summed E-state index contributed by atoms with van der Waals surface area (Å²) in [6, 6.07) is 6.94. The number of carbonyl (C=O) groups is 1. The normalized spacial score (nSPS) is 16.1. The van der Waals surface area contributed by atoms with Crippen LogP contribution in [0, 0.1) is 0 Å². The monoisotopic (exact) mass is 429 g/mol. The van der Waals surface area contributed by atoms with Gasteiger partial charge in [0.2, 0.25) is 5.91 Å². The quantitative estimate of drug-likeness (QED) is 0.625. The summed E-state index contributed by atoms with van der Waals surface area (Å²) in [7, 11) is 0. The highest BCUT2D eigenvalue weighted by Gasteiger charge is 2.20. The number of ether oxygens (including phenoxy) is 1. The van der Waals surface area contributed by atoms with Crippen molar-refractivity contribution in [3.63, 3.8) is 0 Å². The van der Waals surface area contributed by atoms with E-state index in [0.717, 1.165) is 22.0 Å². The average molecular weight is 430 g/mol. The van der Waals surface area contributed by atoms with Crippen molar-refractivity contribution < 1.29 is 9.53 Å². The summed E-state index contributed by atoms with van der Waals surface area (Å²) in [6.07, 6.45) is 4.58. The van der Waals surface area contributed by atoms with Gasteiger partial charge in [0.15, 0.2) is 11.2 Å². The first kappa shape index (κ1) is 20.2. The lowest BCUT2D eigenvalue weighted by Gasteiger charge is -2.14. The Kier molecular flexibility index (Phi) is 5.91. The molecule has 156 valence electrons. The predicted octanol–water partition coefficient (Wildman–Crippen LogP) is 0.950. The first-order valence-corrected chi connectivity index (χ1v) is 9.98. The summed E-state index contributed by atoms with van der Waals surface area (Å²) in [6.45, 7) is 0.731. The lowest BCUT2D eigenvalue weighted by molar-refractivity contribution is -0.122. The van der Waals surface area contributed by atoms with Crippen LogP contribution >= 0.6 is 11.6 Å². The molecule has 4 rings (SSSR count). The van der Waals surface area contributed by atoms with Crippen molar-refractivity contribution in [2.45, 2.75) is 32.0 Å². The summed E-state index contributed by atoms with van der Waals surface area (Å²) in [5, 5.41) is 3.21. The van der Waals surface area contributed by atoms with Gasteiger partial charge in [-0.15, -0.1) is 0 Å². The van der Waals surface area contributed by atoms with Crippen LogP contribution in [0.1, 0.15) is 18.4 Å². The van der Waals surface area contributed by atoms with Crippen LogP contribution in [0.4, 0.5) is 0 Å². The summed E-state index contributed by atoms with van der Waals surface area (Å²) in [4.78, 5) is 46.7. The van der Waals surface area contributed by atoms with Crippen LogP contribution in [0.5, 0.6) is 0 Å². The van der Waals surface area contributed by atoms with E-state index >= 15 is 0 Å². The van der Waals surface area contributed by atoms with Gasteiger partial charge in [-0.1, -0.05) is 29.8 Å². The fraction of sp³-hybridized carbons (Fsp3) is 0.350. The molecule has 0 bridgehead atoms. The van der Waals surface area contributed by atoms with E-state index in [1.807, 2.05) is 0 Å². The predicted molar refractivity (Wildman–Crippen MR) is 111 cm³/mol. The molecule has 1 fully saturated rings. The first-order chi connectivity index (χ1) is 14.5.